The molecule has 1 N–H and O–H groups in total. The number of carbonyl (C=O) groups is 1. The van der Waals surface area contributed by atoms with Crippen LogP contribution in [0.5, 0.6) is 0 Å². The molecule has 1 heterocycles. The van der Waals surface area contributed by atoms with Crippen molar-refractivity contribution in [2.75, 3.05) is 5.32 Å². The number of hydrogen-bond acceptors (Lipinski definition) is 5. The predicted octanol–water partition coefficient (Wildman–Crippen LogP) is 3.94. The van der Waals surface area contributed by atoms with E-state index in [1.54, 1.807) is 19.1 Å². The fourth-order valence-corrected chi connectivity index (χ4v) is 2.07. The van der Waals surface area contributed by atoms with Gasteiger partial charge in [-0.1, -0.05) is 48.5 Å². The molecule has 0 aliphatic rings. The second-order valence-electron chi connectivity index (χ2n) is 4.97. The zero-order chi connectivity index (χ0) is 16.1. The summed E-state index contributed by atoms with van der Waals surface area (Å²) in [5.74, 6) is 0.663. The highest BCUT2D eigenvalue weighted by atomic mass is 16.5. The van der Waals surface area contributed by atoms with Crippen LogP contribution in [0, 0.1) is 0 Å². The van der Waals surface area contributed by atoms with Gasteiger partial charge in [0.05, 0.1) is 0 Å². The number of nitrogens with zero attached hydrogens (tertiary/aromatic N) is 2. The summed E-state index contributed by atoms with van der Waals surface area (Å²) in [5, 5.41) is 6.82. The van der Waals surface area contributed by atoms with Crippen molar-refractivity contribution >= 4 is 11.7 Å². The minimum atomic E-state index is -0.0811. The molecule has 0 spiro atoms. The van der Waals surface area contributed by atoms with Crippen molar-refractivity contribution in [3.05, 3.63) is 78.0 Å². The highest BCUT2D eigenvalue weighted by Crippen LogP contribution is 2.18. The van der Waals surface area contributed by atoms with Gasteiger partial charge in [-0.2, -0.15) is 4.98 Å². The van der Waals surface area contributed by atoms with Crippen LogP contribution < -0.4 is 5.32 Å². The first-order valence-electron chi connectivity index (χ1n) is 7.16. The Bertz CT molecular complexity index is 824. The van der Waals surface area contributed by atoms with Gasteiger partial charge in [-0.3, -0.25) is 4.79 Å². The molecule has 0 saturated heterocycles. The second kappa shape index (κ2) is 6.70. The highest BCUT2D eigenvalue weighted by Gasteiger charge is 2.09. The summed E-state index contributed by atoms with van der Waals surface area (Å²) in [6.07, 6.45) is 1.51. The number of carbonyl (C=O) groups excluding carboxylic acids is 1. The summed E-state index contributed by atoms with van der Waals surface area (Å²) < 4.78 is 5.21. The van der Waals surface area contributed by atoms with Crippen LogP contribution in [0.2, 0.25) is 0 Å². The summed E-state index contributed by atoms with van der Waals surface area (Å²) in [6, 6.07) is 18.6. The van der Waals surface area contributed by atoms with Crippen LogP contribution in [-0.4, -0.2) is 15.9 Å². The lowest BCUT2D eigenvalue weighted by Crippen LogP contribution is -2.02. The molecule has 5 heteroatoms. The van der Waals surface area contributed by atoms with Crippen molar-refractivity contribution in [3.63, 3.8) is 0 Å². The molecule has 5 nitrogen and oxygen atoms in total. The molecule has 1 aromatic heterocycles. The van der Waals surface area contributed by atoms with E-state index in [-0.39, 0.29) is 5.78 Å². The zero-order valence-corrected chi connectivity index (χ0v) is 12.6. The van der Waals surface area contributed by atoms with Crippen LogP contribution in [0.25, 0.3) is 11.5 Å². The van der Waals surface area contributed by atoms with Gasteiger partial charge in [-0.15, -0.1) is 0 Å². The summed E-state index contributed by atoms with van der Waals surface area (Å²) in [4.78, 5) is 16.4. The van der Waals surface area contributed by atoms with E-state index in [1.165, 1.54) is 6.08 Å². The lowest BCUT2D eigenvalue weighted by atomic mass is 10.1. The Morgan fingerprint density at radius 3 is 2.39 bits per heavy atom. The van der Waals surface area contributed by atoms with Gasteiger partial charge in [0.15, 0.2) is 5.78 Å². The van der Waals surface area contributed by atoms with Gasteiger partial charge in [-0.05, 0) is 24.2 Å². The van der Waals surface area contributed by atoms with Gasteiger partial charge in [0.25, 0.3) is 11.8 Å². The lowest BCUT2D eigenvalue weighted by Gasteiger charge is -2.00. The molecular formula is C18H15N3O2. The molecular weight excluding hydrogens is 290 g/mol. The van der Waals surface area contributed by atoms with E-state index in [0.29, 0.717) is 23.1 Å². The van der Waals surface area contributed by atoms with Crippen LogP contribution in [0.1, 0.15) is 17.3 Å². The number of anilines is 1. The Morgan fingerprint density at radius 2 is 1.70 bits per heavy atom. The van der Waals surface area contributed by atoms with Crippen LogP contribution in [0.15, 0.2) is 77.0 Å². The quantitative estimate of drug-likeness (QED) is 0.571. The Morgan fingerprint density at radius 1 is 1.04 bits per heavy atom. The fraction of sp³-hybridized carbons (Fsp3) is 0.0556. The van der Waals surface area contributed by atoms with E-state index >= 15 is 0 Å². The summed E-state index contributed by atoms with van der Waals surface area (Å²) >= 11 is 0. The topological polar surface area (TPSA) is 68.0 Å². The normalized spacial score (nSPS) is 11.3. The summed E-state index contributed by atoms with van der Waals surface area (Å²) in [6.45, 7) is 1.78. The number of hydrogen-bond donors (Lipinski definition) is 1. The van der Waals surface area contributed by atoms with Gasteiger partial charge in [0.1, 0.15) is 0 Å². The molecule has 0 bridgehead atoms. The third kappa shape index (κ3) is 3.71. The molecule has 0 aliphatic carbocycles. The van der Waals surface area contributed by atoms with Gasteiger partial charge in [-0.25, -0.2) is 0 Å². The smallest absolute Gasteiger partial charge is 0.267 e. The van der Waals surface area contributed by atoms with Crippen molar-refractivity contribution in [1.29, 1.82) is 0 Å². The molecule has 0 aliphatic heterocycles. The van der Waals surface area contributed by atoms with E-state index in [2.05, 4.69) is 15.5 Å². The number of ketones is 1. The van der Waals surface area contributed by atoms with Crippen LogP contribution in [0.4, 0.5) is 5.95 Å². The Hall–Kier alpha value is -3.21. The van der Waals surface area contributed by atoms with Crippen molar-refractivity contribution < 1.29 is 9.32 Å². The number of allylic oxidation sites excluding steroid dienone is 2. The molecule has 0 radical (unpaired) electrons. The molecule has 3 rings (SSSR count). The minimum absolute atomic E-state index is 0.0811. The summed E-state index contributed by atoms with van der Waals surface area (Å²) in [5.41, 5.74) is 2.11. The third-order valence-corrected chi connectivity index (χ3v) is 3.16. The maximum atomic E-state index is 12.1. The largest absolute Gasteiger partial charge is 0.332 e. The Kier molecular flexibility index (Phi) is 4.29. The fourth-order valence-electron chi connectivity index (χ4n) is 2.07. The monoisotopic (exact) mass is 305 g/mol. The molecule has 114 valence electrons. The number of aromatic nitrogens is 2. The maximum Gasteiger partial charge on any atom is 0.267 e. The third-order valence-electron chi connectivity index (χ3n) is 3.16. The molecule has 0 fully saturated rings. The molecule has 3 aromatic rings. The van der Waals surface area contributed by atoms with Crippen LogP contribution >= 0.6 is 0 Å². The Balaban J connectivity index is 1.71. The average Bonchev–Trinajstić information content (AvgIpc) is 3.04. The van der Waals surface area contributed by atoms with Gasteiger partial charge < -0.3 is 9.84 Å². The van der Waals surface area contributed by atoms with E-state index in [4.69, 9.17) is 4.52 Å². The van der Waals surface area contributed by atoms with Crippen molar-refractivity contribution in [1.82, 2.24) is 10.1 Å². The minimum Gasteiger partial charge on any atom is -0.332 e. The predicted molar refractivity (Wildman–Crippen MR) is 87.9 cm³/mol. The number of benzene rings is 2. The average molecular weight is 305 g/mol. The van der Waals surface area contributed by atoms with E-state index < -0.39 is 0 Å². The molecule has 0 unspecified atom stereocenters. The van der Waals surface area contributed by atoms with E-state index in [9.17, 15) is 4.79 Å². The standard InChI is InChI=1S/C18H15N3O2/c1-13(12-16(22)14-8-4-2-5-9-14)19-18-20-17(23-21-18)15-10-6-3-7-11-15/h2-12H,1H3,(H,19,21). The summed E-state index contributed by atoms with van der Waals surface area (Å²) in [7, 11) is 0. The first-order valence-corrected chi connectivity index (χ1v) is 7.16. The lowest BCUT2D eigenvalue weighted by molar-refractivity contribution is 0.104. The maximum absolute atomic E-state index is 12.1. The van der Waals surface area contributed by atoms with E-state index in [0.717, 1.165) is 5.56 Å². The van der Waals surface area contributed by atoms with Crippen LogP contribution in [0.3, 0.4) is 0 Å². The first kappa shape index (κ1) is 14.7. The van der Waals surface area contributed by atoms with Crippen molar-refractivity contribution in [2.45, 2.75) is 6.92 Å². The van der Waals surface area contributed by atoms with E-state index in [1.807, 2.05) is 48.5 Å². The molecule has 2 aromatic carbocycles. The zero-order valence-electron chi connectivity index (χ0n) is 12.6. The Labute approximate surface area is 133 Å². The second-order valence-corrected chi connectivity index (χ2v) is 4.97. The highest BCUT2D eigenvalue weighted by molar-refractivity contribution is 6.05. The molecule has 0 saturated carbocycles. The molecule has 23 heavy (non-hydrogen) atoms. The number of nitrogens with one attached hydrogen (secondary N) is 1. The van der Waals surface area contributed by atoms with Gasteiger partial charge in [0, 0.05) is 22.9 Å². The van der Waals surface area contributed by atoms with Crippen LogP contribution in [-0.2, 0) is 0 Å². The molecule has 0 atom stereocenters. The van der Waals surface area contributed by atoms with Crippen molar-refractivity contribution in [3.8, 4) is 11.5 Å². The first-order chi connectivity index (χ1) is 11.2. The van der Waals surface area contributed by atoms with Gasteiger partial charge >= 0.3 is 0 Å². The SMILES string of the molecule is CC(=CC(=O)c1ccccc1)Nc1noc(-c2ccccc2)n1. The van der Waals surface area contributed by atoms with Crippen molar-refractivity contribution in [2.24, 2.45) is 0 Å². The molecule has 0 amide bonds. The number of rotatable bonds is 5. The van der Waals surface area contributed by atoms with Gasteiger partial charge in [0.2, 0.25) is 0 Å².